The summed E-state index contributed by atoms with van der Waals surface area (Å²) >= 11 is 0. The van der Waals surface area contributed by atoms with E-state index in [1.165, 1.54) is 0 Å². The van der Waals surface area contributed by atoms with Crippen LogP contribution >= 0.6 is 0 Å². The quantitative estimate of drug-likeness (QED) is 0.430. The zero-order valence-electron chi connectivity index (χ0n) is 13.8. The van der Waals surface area contributed by atoms with Gasteiger partial charge in [-0.3, -0.25) is 14.5 Å². The lowest BCUT2D eigenvalue weighted by Crippen LogP contribution is -2.42. The van der Waals surface area contributed by atoms with E-state index in [4.69, 9.17) is 14.0 Å². The van der Waals surface area contributed by atoms with Crippen LogP contribution in [0.1, 0.15) is 12.0 Å². The third kappa shape index (κ3) is 6.98. The third-order valence-electron chi connectivity index (χ3n) is 3.36. The first kappa shape index (κ1) is 18.2. The lowest BCUT2D eigenvalue weighted by atomic mass is 9.84. The second-order valence-electron chi connectivity index (χ2n) is 5.62. The number of likely N-dealkylation sites (N-methyl/N-ethyl adjacent to an activating group) is 1. The zero-order valence-corrected chi connectivity index (χ0v) is 13.8. The summed E-state index contributed by atoms with van der Waals surface area (Å²) in [5.74, 6) is -0.788. The van der Waals surface area contributed by atoms with Crippen molar-refractivity contribution in [2.24, 2.45) is 0 Å². The Balaban J connectivity index is 1.63. The fourth-order valence-corrected chi connectivity index (χ4v) is 2.23. The minimum atomic E-state index is -0.847. The first-order chi connectivity index (χ1) is 11.6. The third-order valence-corrected chi connectivity index (χ3v) is 3.36. The summed E-state index contributed by atoms with van der Waals surface area (Å²) in [5.41, 5.74) is 1.14. The van der Waals surface area contributed by atoms with Crippen LogP contribution in [0.3, 0.4) is 0 Å². The Morgan fingerprint density at radius 2 is 1.79 bits per heavy atom. The van der Waals surface area contributed by atoms with E-state index in [0.29, 0.717) is 19.5 Å². The van der Waals surface area contributed by atoms with Crippen molar-refractivity contribution in [1.29, 1.82) is 0 Å². The van der Waals surface area contributed by atoms with Crippen molar-refractivity contribution in [3.63, 3.8) is 0 Å². The molecule has 0 aliphatic carbocycles. The number of hydrogen-bond acceptors (Lipinski definition) is 6. The molecule has 1 aromatic carbocycles. The van der Waals surface area contributed by atoms with Crippen molar-refractivity contribution in [1.82, 2.24) is 4.90 Å². The van der Waals surface area contributed by atoms with Crippen LogP contribution in [0.15, 0.2) is 42.5 Å². The lowest BCUT2D eigenvalue weighted by molar-refractivity contribution is -0.145. The number of carbonyl (C=O) groups excluding carboxylic acids is 2. The van der Waals surface area contributed by atoms with E-state index in [0.717, 1.165) is 12.0 Å². The largest absolute Gasteiger partial charge is 0.602 e. The van der Waals surface area contributed by atoms with Crippen molar-refractivity contribution in [3.8, 4) is 0 Å². The minimum Gasteiger partial charge on any atom is -0.498 e. The summed E-state index contributed by atoms with van der Waals surface area (Å²) in [6, 6.07) is 9.97. The second-order valence-corrected chi connectivity index (χ2v) is 5.62. The van der Waals surface area contributed by atoms with Crippen molar-refractivity contribution < 1.29 is 23.6 Å². The smallest absolute Gasteiger partial charge is 0.498 e. The van der Waals surface area contributed by atoms with E-state index in [9.17, 15) is 9.59 Å². The summed E-state index contributed by atoms with van der Waals surface area (Å²) in [4.78, 5) is 24.7. The molecule has 24 heavy (non-hydrogen) atoms. The van der Waals surface area contributed by atoms with E-state index in [2.05, 4.69) is 0 Å². The van der Waals surface area contributed by atoms with Crippen LogP contribution in [-0.2, 0) is 30.2 Å². The van der Waals surface area contributed by atoms with Gasteiger partial charge < -0.3 is 14.0 Å². The average molecular weight is 331 g/mol. The molecule has 7 heteroatoms. The molecule has 1 fully saturated rings. The van der Waals surface area contributed by atoms with Crippen LogP contribution < -0.4 is 0 Å². The van der Waals surface area contributed by atoms with E-state index in [1.807, 2.05) is 42.5 Å². The Kier molecular flexibility index (Phi) is 7.52. The molecule has 1 saturated heterocycles. The second kappa shape index (κ2) is 9.90. The molecule has 128 valence electrons. The Bertz CT molecular complexity index is 543. The van der Waals surface area contributed by atoms with Gasteiger partial charge in [-0.15, -0.1) is 0 Å². The lowest BCUT2D eigenvalue weighted by Gasteiger charge is -2.21. The molecule has 1 heterocycles. The van der Waals surface area contributed by atoms with Gasteiger partial charge in [0.15, 0.2) is 0 Å². The summed E-state index contributed by atoms with van der Waals surface area (Å²) in [6.07, 6.45) is 4.85. The SMILES string of the molecule is CN1CC(=O)OB(C/C=C/CCOCc2ccccc2)OC(=O)C1. The molecule has 6 nitrogen and oxygen atoms in total. The predicted octanol–water partition coefficient (Wildman–Crippen LogP) is 1.67. The van der Waals surface area contributed by atoms with Crippen molar-refractivity contribution in [2.45, 2.75) is 19.3 Å². The molecular weight excluding hydrogens is 309 g/mol. The van der Waals surface area contributed by atoms with Crippen molar-refractivity contribution in [2.75, 3.05) is 26.7 Å². The highest BCUT2D eigenvalue weighted by Gasteiger charge is 2.30. The molecule has 0 amide bonds. The van der Waals surface area contributed by atoms with Crippen LogP contribution in [0.4, 0.5) is 0 Å². The van der Waals surface area contributed by atoms with E-state index < -0.39 is 19.1 Å². The van der Waals surface area contributed by atoms with Gasteiger partial charge in [-0.25, -0.2) is 0 Å². The maximum atomic E-state index is 11.6. The van der Waals surface area contributed by atoms with E-state index in [-0.39, 0.29) is 13.1 Å². The predicted molar refractivity (Wildman–Crippen MR) is 90.1 cm³/mol. The van der Waals surface area contributed by atoms with Gasteiger partial charge in [0.05, 0.1) is 26.3 Å². The van der Waals surface area contributed by atoms with Gasteiger partial charge in [0.25, 0.3) is 0 Å². The topological polar surface area (TPSA) is 65.1 Å². The first-order valence-corrected chi connectivity index (χ1v) is 7.97. The highest BCUT2D eigenvalue weighted by molar-refractivity contribution is 6.49. The van der Waals surface area contributed by atoms with Crippen molar-refractivity contribution >= 4 is 19.1 Å². The molecule has 0 N–H and O–H groups in total. The molecule has 2 rings (SSSR count). The fourth-order valence-electron chi connectivity index (χ4n) is 2.23. The number of hydrogen-bond donors (Lipinski definition) is 0. The molecule has 0 unspecified atom stereocenters. The molecule has 0 saturated carbocycles. The number of allylic oxidation sites excluding steroid dienone is 1. The van der Waals surface area contributed by atoms with Crippen LogP contribution in [0, 0.1) is 0 Å². The molecule has 0 radical (unpaired) electrons. The van der Waals surface area contributed by atoms with Crippen LogP contribution in [0.2, 0.25) is 6.32 Å². The highest BCUT2D eigenvalue weighted by Crippen LogP contribution is 2.06. The molecule has 1 aliphatic heterocycles. The molecule has 0 bridgehead atoms. The molecular formula is C17H22BNO5. The van der Waals surface area contributed by atoms with Gasteiger partial charge in [0.1, 0.15) is 0 Å². The molecule has 1 aliphatic rings. The zero-order chi connectivity index (χ0) is 17.2. The molecule has 1 aromatic rings. The molecule has 0 aromatic heterocycles. The van der Waals surface area contributed by atoms with Crippen LogP contribution in [0.5, 0.6) is 0 Å². The summed E-state index contributed by atoms with van der Waals surface area (Å²) in [7, 11) is 0.818. The Morgan fingerprint density at radius 1 is 1.12 bits per heavy atom. The maximum Gasteiger partial charge on any atom is 0.602 e. The van der Waals surface area contributed by atoms with E-state index >= 15 is 0 Å². The number of carbonyl (C=O) groups is 2. The monoisotopic (exact) mass is 331 g/mol. The first-order valence-electron chi connectivity index (χ1n) is 7.97. The summed E-state index contributed by atoms with van der Waals surface area (Å²) in [5, 5.41) is 0. The van der Waals surface area contributed by atoms with E-state index in [1.54, 1.807) is 11.9 Å². The van der Waals surface area contributed by atoms with Crippen molar-refractivity contribution in [3.05, 3.63) is 48.0 Å². The Labute approximate surface area is 142 Å². The number of nitrogens with zero attached hydrogens (tertiary/aromatic N) is 1. The Hall–Kier alpha value is -2.12. The van der Waals surface area contributed by atoms with Crippen LogP contribution in [-0.4, -0.2) is 50.7 Å². The van der Waals surface area contributed by atoms with Gasteiger partial charge in [-0.1, -0.05) is 42.5 Å². The number of ether oxygens (including phenoxy) is 1. The normalized spacial score (nSPS) is 16.6. The Morgan fingerprint density at radius 3 is 2.46 bits per heavy atom. The standard InChI is InChI=1S/C17H22BNO5/c1-19-12-16(20)23-18(24-17(21)13-19)10-6-3-7-11-22-14-15-8-4-2-5-9-15/h2-6,8-9H,7,10-14H2,1H3/b6-3+. The fraction of sp³-hybridized carbons (Fsp3) is 0.412. The highest BCUT2D eigenvalue weighted by atomic mass is 16.6. The summed E-state index contributed by atoms with van der Waals surface area (Å²) < 4.78 is 15.8. The minimum absolute atomic E-state index is 0.0860. The van der Waals surface area contributed by atoms with Gasteiger partial charge in [-0.05, 0) is 19.0 Å². The van der Waals surface area contributed by atoms with Gasteiger partial charge in [0.2, 0.25) is 0 Å². The van der Waals surface area contributed by atoms with Crippen LogP contribution in [0.25, 0.3) is 0 Å². The maximum absolute atomic E-state index is 11.6. The summed E-state index contributed by atoms with van der Waals surface area (Å²) in [6.45, 7) is 1.35. The number of rotatable bonds is 7. The number of benzene rings is 1. The van der Waals surface area contributed by atoms with Gasteiger partial charge in [0, 0.05) is 6.32 Å². The molecule has 0 atom stereocenters. The average Bonchev–Trinajstić information content (AvgIpc) is 2.53. The van der Waals surface area contributed by atoms with Gasteiger partial charge in [-0.2, -0.15) is 0 Å². The molecule has 0 spiro atoms. The van der Waals surface area contributed by atoms with Gasteiger partial charge >= 0.3 is 19.1 Å².